The Labute approximate surface area is 183 Å². The first-order valence-electron chi connectivity index (χ1n) is 10.8. The summed E-state index contributed by atoms with van der Waals surface area (Å²) in [7, 11) is 1.83. The van der Waals surface area contributed by atoms with E-state index in [1.165, 1.54) is 12.8 Å². The second-order valence-corrected chi connectivity index (χ2v) is 9.05. The van der Waals surface area contributed by atoms with Gasteiger partial charge in [-0.05, 0) is 70.2 Å². The SMILES string of the molecule is Cc1noc(C)c1C(=O)N(C)CC1CC(Oc2cccc(CN3CCCC3)c2Cl)C1. The maximum atomic E-state index is 12.7. The number of amides is 1. The van der Waals surface area contributed by atoms with Crippen molar-refractivity contribution in [1.29, 1.82) is 0 Å². The summed E-state index contributed by atoms with van der Waals surface area (Å²) < 4.78 is 11.3. The lowest BCUT2D eigenvalue weighted by Gasteiger charge is -2.37. The van der Waals surface area contributed by atoms with Crippen LogP contribution in [0.2, 0.25) is 5.02 Å². The third-order valence-electron chi connectivity index (χ3n) is 6.25. The highest BCUT2D eigenvalue weighted by atomic mass is 35.5. The Morgan fingerprint density at radius 2 is 2.03 bits per heavy atom. The van der Waals surface area contributed by atoms with Gasteiger partial charge in [0.2, 0.25) is 0 Å². The van der Waals surface area contributed by atoms with Gasteiger partial charge in [-0.1, -0.05) is 28.9 Å². The number of ether oxygens (including phenoxy) is 1. The Kier molecular flexibility index (Phi) is 6.34. The van der Waals surface area contributed by atoms with Gasteiger partial charge in [0.1, 0.15) is 17.1 Å². The predicted molar refractivity (Wildman–Crippen MR) is 116 cm³/mol. The van der Waals surface area contributed by atoms with Gasteiger partial charge in [0.15, 0.2) is 0 Å². The van der Waals surface area contributed by atoms with Crippen LogP contribution in [0.25, 0.3) is 0 Å². The van der Waals surface area contributed by atoms with E-state index in [1.807, 2.05) is 19.2 Å². The van der Waals surface area contributed by atoms with Gasteiger partial charge in [0.05, 0.1) is 16.8 Å². The van der Waals surface area contributed by atoms with Crippen LogP contribution < -0.4 is 4.74 Å². The molecule has 1 saturated heterocycles. The average Bonchev–Trinajstić information content (AvgIpc) is 3.31. The Bertz CT molecular complexity index is 882. The summed E-state index contributed by atoms with van der Waals surface area (Å²) in [5, 5.41) is 4.62. The van der Waals surface area contributed by atoms with Gasteiger partial charge in [0.25, 0.3) is 5.91 Å². The molecule has 1 amide bonds. The van der Waals surface area contributed by atoms with Crippen molar-refractivity contribution < 1.29 is 14.1 Å². The average molecular weight is 432 g/mol. The van der Waals surface area contributed by atoms with Gasteiger partial charge in [0, 0.05) is 20.1 Å². The zero-order valence-corrected chi connectivity index (χ0v) is 18.7. The molecule has 2 aliphatic rings. The molecule has 0 N–H and O–H groups in total. The van der Waals surface area contributed by atoms with E-state index >= 15 is 0 Å². The van der Waals surface area contributed by atoms with E-state index in [2.05, 4.69) is 16.1 Å². The molecular formula is C23H30ClN3O3. The molecule has 0 spiro atoms. The van der Waals surface area contributed by atoms with E-state index in [4.69, 9.17) is 20.9 Å². The summed E-state index contributed by atoms with van der Waals surface area (Å²) in [6.07, 6.45) is 4.53. The van der Waals surface area contributed by atoms with Crippen LogP contribution in [0.3, 0.4) is 0 Å². The number of likely N-dealkylation sites (tertiary alicyclic amines) is 1. The van der Waals surface area contributed by atoms with Crippen LogP contribution in [0.1, 0.15) is 53.1 Å². The molecule has 1 saturated carbocycles. The van der Waals surface area contributed by atoms with Crippen molar-refractivity contribution in [3.8, 4) is 5.75 Å². The van der Waals surface area contributed by atoms with Crippen LogP contribution in [0.15, 0.2) is 22.7 Å². The number of nitrogens with zero attached hydrogens (tertiary/aromatic N) is 3. The number of benzene rings is 1. The minimum atomic E-state index is -0.0340. The Balaban J connectivity index is 1.28. The molecule has 0 atom stereocenters. The lowest BCUT2D eigenvalue weighted by atomic mass is 9.82. The molecule has 6 nitrogen and oxygen atoms in total. The summed E-state index contributed by atoms with van der Waals surface area (Å²) in [5.74, 6) is 1.74. The molecule has 162 valence electrons. The summed E-state index contributed by atoms with van der Waals surface area (Å²) in [4.78, 5) is 16.9. The number of carbonyl (C=O) groups is 1. The second-order valence-electron chi connectivity index (χ2n) is 8.67. The minimum Gasteiger partial charge on any atom is -0.489 e. The molecule has 30 heavy (non-hydrogen) atoms. The fourth-order valence-corrected chi connectivity index (χ4v) is 4.73. The largest absolute Gasteiger partial charge is 0.489 e. The number of carbonyl (C=O) groups excluding carboxylic acids is 1. The molecule has 1 aliphatic heterocycles. The van der Waals surface area contributed by atoms with Gasteiger partial charge >= 0.3 is 0 Å². The van der Waals surface area contributed by atoms with E-state index < -0.39 is 0 Å². The Morgan fingerprint density at radius 3 is 2.70 bits per heavy atom. The monoisotopic (exact) mass is 431 g/mol. The smallest absolute Gasteiger partial charge is 0.259 e. The van der Waals surface area contributed by atoms with Crippen LogP contribution in [-0.2, 0) is 6.54 Å². The molecule has 0 radical (unpaired) electrons. The first-order valence-corrected chi connectivity index (χ1v) is 11.1. The van der Waals surface area contributed by atoms with E-state index in [0.717, 1.165) is 48.8 Å². The van der Waals surface area contributed by atoms with Crippen LogP contribution >= 0.6 is 11.6 Å². The van der Waals surface area contributed by atoms with Crippen LogP contribution in [-0.4, -0.2) is 53.6 Å². The minimum absolute atomic E-state index is 0.0340. The number of rotatable bonds is 7. The summed E-state index contributed by atoms with van der Waals surface area (Å²) >= 11 is 6.64. The second kappa shape index (κ2) is 8.98. The van der Waals surface area contributed by atoms with Gasteiger partial charge < -0.3 is 14.2 Å². The van der Waals surface area contributed by atoms with Crippen molar-refractivity contribution in [1.82, 2.24) is 15.0 Å². The van der Waals surface area contributed by atoms with Crippen molar-refractivity contribution in [2.24, 2.45) is 5.92 Å². The fraction of sp³-hybridized carbons (Fsp3) is 0.565. The summed E-state index contributed by atoms with van der Waals surface area (Å²) in [6, 6.07) is 6.07. The molecule has 0 bridgehead atoms. The first kappa shape index (κ1) is 21.2. The van der Waals surface area contributed by atoms with Crippen LogP contribution in [0.4, 0.5) is 0 Å². The molecule has 2 heterocycles. The maximum Gasteiger partial charge on any atom is 0.259 e. The Hall–Kier alpha value is -2.05. The van der Waals surface area contributed by atoms with Crippen molar-refractivity contribution >= 4 is 17.5 Å². The van der Waals surface area contributed by atoms with E-state index in [1.54, 1.807) is 18.7 Å². The third kappa shape index (κ3) is 4.49. The van der Waals surface area contributed by atoms with Crippen LogP contribution in [0.5, 0.6) is 5.75 Å². The lowest BCUT2D eigenvalue weighted by molar-refractivity contribution is 0.0418. The van der Waals surface area contributed by atoms with Crippen LogP contribution in [0, 0.1) is 19.8 Å². The fourth-order valence-electron chi connectivity index (χ4n) is 4.50. The van der Waals surface area contributed by atoms with Crippen molar-refractivity contribution in [3.63, 3.8) is 0 Å². The topological polar surface area (TPSA) is 58.8 Å². The molecule has 7 heteroatoms. The standard InChI is InChI=1S/C23H30ClN3O3/c1-15-21(16(2)30-25-15)23(28)26(3)13-17-11-19(12-17)29-20-8-6-7-18(22(20)24)14-27-9-4-5-10-27/h6-8,17,19H,4-5,9-14H2,1-3H3. The molecule has 2 aromatic rings. The third-order valence-corrected chi connectivity index (χ3v) is 6.68. The zero-order valence-electron chi connectivity index (χ0n) is 18.0. The predicted octanol–water partition coefficient (Wildman–Crippen LogP) is 4.47. The van der Waals surface area contributed by atoms with Gasteiger partial charge in [-0.2, -0.15) is 0 Å². The number of hydrogen-bond donors (Lipinski definition) is 0. The van der Waals surface area contributed by atoms with E-state index in [0.29, 0.717) is 29.5 Å². The van der Waals surface area contributed by atoms with Crippen molar-refractivity contribution in [2.75, 3.05) is 26.7 Å². The Morgan fingerprint density at radius 1 is 1.30 bits per heavy atom. The number of halogens is 1. The number of hydrogen-bond acceptors (Lipinski definition) is 5. The summed E-state index contributed by atoms with van der Waals surface area (Å²) in [6.45, 7) is 7.45. The molecule has 1 aliphatic carbocycles. The highest BCUT2D eigenvalue weighted by Gasteiger charge is 2.34. The highest BCUT2D eigenvalue weighted by Crippen LogP contribution is 2.36. The molecule has 1 aromatic heterocycles. The van der Waals surface area contributed by atoms with Crippen molar-refractivity contribution in [3.05, 3.63) is 45.8 Å². The van der Waals surface area contributed by atoms with Gasteiger partial charge in [-0.25, -0.2) is 0 Å². The normalized spacial score (nSPS) is 21.5. The molecule has 2 fully saturated rings. The molecular weight excluding hydrogens is 402 g/mol. The summed E-state index contributed by atoms with van der Waals surface area (Å²) in [5.41, 5.74) is 2.35. The van der Waals surface area contributed by atoms with Gasteiger partial charge in [-0.3, -0.25) is 9.69 Å². The molecule has 4 rings (SSSR count). The highest BCUT2D eigenvalue weighted by molar-refractivity contribution is 6.32. The van der Waals surface area contributed by atoms with E-state index in [9.17, 15) is 4.79 Å². The van der Waals surface area contributed by atoms with Gasteiger partial charge in [-0.15, -0.1) is 0 Å². The quantitative estimate of drug-likeness (QED) is 0.647. The number of aryl methyl sites for hydroxylation is 2. The van der Waals surface area contributed by atoms with Crippen molar-refractivity contribution in [2.45, 2.75) is 52.2 Å². The molecule has 1 aromatic carbocycles. The van der Waals surface area contributed by atoms with E-state index in [-0.39, 0.29) is 12.0 Å². The lowest BCUT2D eigenvalue weighted by Crippen LogP contribution is -2.42. The zero-order chi connectivity index (χ0) is 21.3. The maximum absolute atomic E-state index is 12.7. The first-order chi connectivity index (χ1) is 14.4. The molecule has 0 unspecified atom stereocenters. The number of aromatic nitrogens is 1.